The van der Waals surface area contributed by atoms with Crippen molar-refractivity contribution >= 4 is 0 Å². The van der Waals surface area contributed by atoms with Crippen LogP contribution in [-0.2, 0) is 20.3 Å². The van der Waals surface area contributed by atoms with Crippen LogP contribution in [0.2, 0.25) is 0 Å². The van der Waals surface area contributed by atoms with Crippen LogP contribution < -0.4 is 0 Å². The second-order valence-corrected chi connectivity index (χ2v) is 10.4. The van der Waals surface area contributed by atoms with Gasteiger partial charge in [0.15, 0.2) is 0 Å². The van der Waals surface area contributed by atoms with Gasteiger partial charge in [-0.25, -0.2) is 0 Å². The van der Waals surface area contributed by atoms with E-state index in [0.29, 0.717) is 12.2 Å². The van der Waals surface area contributed by atoms with Crippen LogP contribution in [0.25, 0.3) is 0 Å². The Morgan fingerprint density at radius 3 is 1.32 bits per heavy atom. The Kier molecular flexibility index (Phi) is 6.92. The number of hydrogen-bond donors (Lipinski definition) is 0. The molecule has 2 nitrogen and oxygen atoms in total. The standard InChI is InChI=1S/C26H42O2/c1-25(2,19-10-14-23(27-5)15-11-19)21-8-7-9-22(18-21)26(3,4)20-12-16-24(28-6)17-13-20/h7-9,18-20,23-24H,10-17H2,1-6H3. The maximum absolute atomic E-state index is 5.60. The topological polar surface area (TPSA) is 18.5 Å². The monoisotopic (exact) mass is 386 g/mol. The summed E-state index contributed by atoms with van der Waals surface area (Å²) in [5.74, 6) is 1.49. The summed E-state index contributed by atoms with van der Waals surface area (Å²) in [6.07, 6.45) is 10.9. The summed E-state index contributed by atoms with van der Waals surface area (Å²) in [6.45, 7) is 9.84. The Morgan fingerprint density at radius 1 is 0.643 bits per heavy atom. The molecule has 0 spiro atoms. The summed E-state index contributed by atoms with van der Waals surface area (Å²) in [5, 5.41) is 0. The third-order valence-electron chi connectivity index (χ3n) is 8.41. The molecule has 2 aliphatic carbocycles. The fourth-order valence-corrected chi connectivity index (χ4v) is 5.83. The summed E-state index contributed by atoms with van der Waals surface area (Å²) < 4.78 is 11.2. The summed E-state index contributed by atoms with van der Waals surface area (Å²) >= 11 is 0. The molecule has 28 heavy (non-hydrogen) atoms. The first kappa shape index (κ1) is 21.8. The van der Waals surface area contributed by atoms with Crippen LogP contribution in [-0.4, -0.2) is 26.4 Å². The number of hydrogen-bond acceptors (Lipinski definition) is 2. The average molecular weight is 387 g/mol. The molecule has 0 amide bonds. The molecule has 0 atom stereocenters. The number of benzene rings is 1. The van der Waals surface area contributed by atoms with Crippen molar-refractivity contribution < 1.29 is 9.47 Å². The van der Waals surface area contributed by atoms with E-state index in [9.17, 15) is 0 Å². The molecule has 0 saturated heterocycles. The lowest BCUT2D eigenvalue weighted by molar-refractivity contribution is 0.0440. The lowest BCUT2D eigenvalue weighted by Crippen LogP contribution is -2.36. The predicted molar refractivity (Wildman–Crippen MR) is 118 cm³/mol. The molecule has 158 valence electrons. The van der Waals surface area contributed by atoms with Crippen molar-refractivity contribution in [2.75, 3.05) is 14.2 Å². The highest BCUT2D eigenvalue weighted by atomic mass is 16.5. The van der Waals surface area contributed by atoms with Crippen molar-refractivity contribution in [3.8, 4) is 0 Å². The highest BCUT2D eigenvalue weighted by molar-refractivity contribution is 5.34. The van der Waals surface area contributed by atoms with Crippen molar-refractivity contribution in [3.05, 3.63) is 35.4 Å². The van der Waals surface area contributed by atoms with Gasteiger partial charge >= 0.3 is 0 Å². The van der Waals surface area contributed by atoms with Gasteiger partial charge in [0.05, 0.1) is 12.2 Å². The van der Waals surface area contributed by atoms with Crippen LogP contribution in [0.3, 0.4) is 0 Å². The van der Waals surface area contributed by atoms with E-state index in [-0.39, 0.29) is 10.8 Å². The van der Waals surface area contributed by atoms with E-state index in [4.69, 9.17) is 9.47 Å². The van der Waals surface area contributed by atoms with E-state index in [1.165, 1.54) is 62.5 Å². The minimum Gasteiger partial charge on any atom is -0.381 e. The normalized spacial score (nSPS) is 29.6. The lowest BCUT2D eigenvalue weighted by atomic mass is 9.64. The number of ether oxygens (including phenoxy) is 2. The quantitative estimate of drug-likeness (QED) is 0.545. The molecule has 1 aromatic rings. The van der Waals surface area contributed by atoms with Crippen LogP contribution in [0, 0.1) is 11.8 Å². The first-order valence-electron chi connectivity index (χ1n) is 11.5. The molecular formula is C26H42O2. The van der Waals surface area contributed by atoms with E-state index in [0.717, 1.165) is 11.8 Å². The zero-order valence-electron chi connectivity index (χ0n) is 19.1. The third-order valence-corrected chi connectivity index (χ3v) is 8.41. The van der Waals surface area contributed by atoms with Crippen LogP contribution in [0.1, 0.15) is 90.2 Å². The van der Waals surface area contributed by atoms with Crippen molar-refractivity contribution in [3.63, 3.8) is 0 Å². The van der Waals surface area contributed by atoms with E-state index in [1.807, 2.05) is 14.2 Å². The first-order chi connectivity index (χ1) is 13.3. The molecule has 1 aromatic carbocycles. The largest absolute Gasteiger partial charge is 0.381 e. The smallest absolute Gasteiger partial charge is 0.0571 e. The van der Waals surface area contributed by atoms with Crippen LogP contribution in [0.4, 0.5) is 0 Å². The Balaban J connectivity index is 1.76. The molecule has 2 fully saturated rings. The van der Waals surface area contributed by atoms with Gasteiger partial charge in [-0.3, -0.25) is 0 Å². The molecule has 2 saturated carbocycles. The second kappa shape index (κ2) is 8.88. The maximum Gasteiger partial charge on any atom is 0.0571 e. The summed E-state index contributed by atoms with van der Waals surface area (Å²) in [4.78, 5) is 0. The summed E-state index contributed by atoms with van der Waals surface area (Å²) in [7, 11) is 3.73. The highest BCUT2D eigenvalue weighted by Gasteiger charge is 2.37. The molecule has 0 bridgehead atoms. The van der Waals surface area contributed by atoms with E-state index < -0.39 is 0 Å². The zero-order valence-corrected chi connectivity index (χ0v) is 19.1. The lowest BCUT2D eigenvalue weighted by Gasteiger charge is -2.42. The van der Waals surface area contributed by atoms with Gasteiger partial charge in [-0.05, 0) is 85.2 Å². The van der Waals surface area contributed by atoms with Crippen molar-refractivity contribution in [2.45, 2.75) is 102 Å². The molecule has 3 rings (SSSR count). The molecule has 0 radical (unpaired) electrons. The van der Waals surface area contributed by atoms with Gasteiger partial charge in [-0.15, -0.1) is 0 Å². The van der Waals surface area contributed by atoms with Crippen molar-refractivity contribution in [1.82, 2.24) is 0 Å². The average Bonchev–Trinajstić information content (AvgIpc) is 2.74. The van der Waals surface area contributed by atoms with Gasteiger partial charge in [-0.1, -0.05) is 52.0 Å². The molecule has 0 N–H and O–H groups in total. The third kappa shape index (κ3) is 4.49. The molecule has 0 unspecified atom stereocenters. The summed E-state index contributed by atoms with van der Waals surface area (Å²) in [6, 6.07) is 9.56. The second-order valence-electron chi connectivity index (χ2n) is 10.4. The van der Waals surface area contributed by atoms with Gasteiger partial charge in [0.2, 0.25) is 0 Å². The van der Waals surface area contributed by atoms with E-state index >= 15 is 0 Å². The van der Waals surface area contributed by atoms with Crippen LogP contribution >= 0.6 is 0 Å². The van der Waals surface area contributed by atoms with Crippen LogP contribution in [0.15, 0.2) is 24.3 Å². The molecule has 0 heterocycles. The Morgan fingerprint density at radius 2 is 1.00 bits per heavy atom. The predicted octanol–water partition coefficient (Wildman–Crippen LogP) is 6.65. The molecular weight excluding hydrogens is 344 g/mol. The number of methoxy groups -OCH3 is 2. The molecule has 0 aromatic heterocycles. The highest BCUT2D eigenvalue weighted by Crippen LogP contribution is 2.45. The molecule has 2 heteroatoms. The Bertz CT molecular complexity index is 566. The van der Waals surface area contributed by atoms with Crippen LogP contribution in [0.5, 0.6) is 0 Å². The fourth-order valence-electron chi connectivity index (χ4n) is 5.83. The minimum atomic E-state index is 0.221. The van der Waals surface area contributed by atoms with Gasteiger partial charge in [0, 0.05) is 14.2 Å². The zero-order chi connectivity index (χ0) is 20.4. The van der Waals surface area contributed by atoms with Crippen molar-refractivity contribution in [1.29, 1.82) is 0 Å². The first-order valence-corrected chi connectivity index (χ1v) is 11.5. The maximum atomic E-state index is 5.60. The SMILES string of the molecule is COC1CCC(C(C)(C)c2cccc(C(C)(C)C3CCC(OC)CC3)c2)CC1. The molecule has 2 aliphatic rings. The Labute approximate surface area is 173 Å². The van der Waals surface area contributed by atoms with Gasteiger partial charge in [0.25, 0.3) is 0 Å². The Hall–Kier alpha value is -0.860. The van der Waals surface area contributed by atoms with Gasteiger partial charge < -0.3 is 9.47 Å². The molecule has 0 aliphatic heterocycles. The number of rotatable bonds is 6. The summed E-state index contributed by atoms with van der Waals surface area (Å²) in [5.41, 5.74) is 3.48. The fraction of sp³-hybridized carbons (Fsp3) is 0.769. The van der Waals surface area contributed by atoms with Gasteiger partial charge in [-0.2, -0.15) is 0 Å². The van der Waals surface area contributed by atoms with Crippen molar-refractivity contribution in [2.24, 2.45) is 11.8 Å². The van der Waals surface area contributed by atoms with E-state index in [1.54, 1.807) is 0 Å². The minimum absolute atomic E-state index is 0.221. The van der Waals surface area contributed by atoms with E-state index in [2.05, 4.69) is 52.0 Å². The van der Waals surface area contributed by atoms with Gasteiger partial charge in [0.1, 0.15) is 0 Å².